The van der Waals surface area contributed by atoms with Crippen molar-refractivity contribution in [3.63, 3.8) is 0 Å². The van der Waals surface area contributed by atoms with Crippen molar-refractivity contribution in [2.75, 3.05) is 12.3 Å². The van der Waals surface area contributed by atoms with E-state index in [0.717, 1.165) is 29.8 Å². The van der Waals surface area contributed by atoms with Gasteiger partial charge >= 0.3 is 0 Å². The maximum atomic E-state index is 7.19. The van der Waals surface area contributed by atoms with Crippen molar-refractivity contribution in [2.24, 2.45) is 10.9 Å². The number of hydrogen-bond acceptors (Lipinski definition) is 3. The molecular formula is C13H17N3. The normalized spacial score (nSPS) is 20.3. The molecule has 0 aliphatic carbocycles. The lowest BCUT2D eigenvalue weighted by molar-refractivity contribution is 0.538. The number of benzene rings is 1. The number of aliphatic imine (C=N–C) groups is 1. The van der Waals surface area contributed by atoms with Crippen LogP contribution in [0.1, 0.15) is 30.9 Å². The van der Waals surface area contributed by atoms with E-state index in [1.807, 2.05) is 18.2 Å². The first-order chi connectivity index (χ1) is 7.70. The van der Waals surface area contributed by atoms with Crippen molar-refractivity contribution < 1.29 is 0 Å². The van der Waals surface area contributed by atoms with E-state index in [1.54, 1.807) is 0 Å². The van der Waals surface area contributed by atoms with Gasteiger partial charge in [0.25, 0.3) is 0 Å². The smallest absolute Gasteiger partial charge is 0.0421 e. The summed E-state index contributed by atoms with van der Waals surface area (Å²) in [5.74, 6) is 0.696. The van der Waals surface area contributed by atoms with E-state index in [1.165, 1.54) is 12.6 Å². The fraction of sp³-hybridized carbons (Fsp3) is 0.385. The number of nitrogens with two attached hydrogens (primary N) is 1. The van der Waals surface area contributed by atoms with Crippen LogP contribution in [0, 0.1) is 11.3 Å². The van der Waals surface area contributed by atoms with Crippen LogP contribution >= 0.6 is 0 Å². The molecule has 0 aromatic heterocycles. The minimum Gasteiger partial charge on any atom is -0.398 e. The molecule has 0 bridgehead atoms. The number of nitrogens with zero attached hydrogens (tertiary/aromatic N) is 1. The zero-order valence-corrected chi connectivity index (χ0v) is 9.53. The van der Waals surface area contributed by atoms with Gasteiger partial charge in [0.05, 0.1) is 0 Å². The second-order valence-electron chi connectivity index (χ2n) is 4.42. The van der Waals surface area contributed by atoms with E-state index in [-0.39, 0.29) is 0 Å². The van der Waals surface area contributed by atoms with E-state index in [4.69, 9.17) is 11.1 Å². The third-order valence-corrected chi connectivity index (χ3v) is 3.04. The molecule has 3 N–H and O–H groups in total. The van der Waals surface area contributed by atoms with Crippen molar-refractivity contribution in [1.82, 2.24) is 0 Å². The molecule has 16 heavy (non-hydrogen) atoms. The van der Waals surface area contributed by atoms with Gasteiger partial charge in [-0.25, -0.2) is 0 Å². The number of nitrogens with one attached hydrogen (secondary N) is 1. The van der Waals surface area contributed by atoms with Crippen LogP contribution < -0.4 is 5.73 Å². The van der Waals surface area contributed by atoms with Crippen molar-refractivity contribution in [3.05, 3.63) is 29.3 Å². The molecule has 1 unspecified atom stereocenters. The lowest BCUT2D eigenvalue weighted by atomic mass is 9.95. The summed E-state index contributed by atoms with van der Waals surface area (Å²) >= 11 is 0. The van der Waals surface area contributed by atoms with Gasteiger partial charge in [0.15, 0.2) is 0 Å². The average molecular weight is 215 g/mol. The number of anilines is 1. The first-order valence-electron chi connectivity index (χ1n) is 5.64. The van der Waals surface area contributed by atoms with Crippen molar-refractivity contribution in [1.29, 1.82) is 5.41 Å². The van der Waals surface area contributed by atoms with Gasteiger partial charge in [-0.15, -0.1) is 0 Å². The highest BCUT2D eigenvalue weighted by atomic mass is 14.8. The van der Waals surface area contributed by atoms with E-state index < -0.39 is 0 Å². The summed E-state index contributed by atoms with van der Waals surface area (Å²) in [6.07, 6.45) is 3.51. The van der Waals surface area contributed by atoms with Gasteiger partial charge in [-0.1, -0.05) is 19.1 Å². The Morgan fingerprint density at radius 2 is 2.31 bits per heavy atom. The van der Waals surface area contributed by atoms with Gasteiger partial charge in [0.1, 0.15) is 0 Å². The minimum atomic E-state index is 0.661. The van der Waals surface area contributed by atoms with Crippen molar-refractivity contribution in [3.8, 4) is 0 Å². The van der Waals surface area contributed by atoms with E-state index in [9.17, 15) is 0 Å². The molecule has 1 aromatic rings. The summed E-state index contributed by atoms with van der Waals surface area (Å²) in [5, 5.41) is 7.19. The Morgan fingerprint density at radius 1 is 1.50 bits per heavy atom. The Labute approximate surface area is 95.9 Å². The molecule has 1 aliphatic rings. The Kier molecular flexibility index (Phi) is 3.04. The predicted octanol–water partition coefficient (Wildman–Crippen LogP) is 2.49. The summed E-state index contributed by atoms with van der Waals surface area (Å²) < 4.78 is 0. The van der Waals surface area contributed by atoms with Crippen LogP contribution in [0.5, 0.6) is 0 Å². The van der Waals surface area contributed by atoms with Gasteiger partial charge < -0.3 is 11.1 Å². The molecule has 0 amide bonds. The summed E-state index contributed by atoms with van der Waals surface area (Å²) in [4.78, 5) is 4.58. The number of hydrogen-bond donors (Lipinski definition) is 2. The molecular weight excluding hydrogens is 198 g/mol. The number of nitrogen functional groups attached to an aromatic ring is 1. The molecule has 3 nitrogen and oxygen atoms in total. The largest absolute Gasteiger partial charge is 0.398 e. The van der Waals surface area contributed by atoms with Crippen LogP contribution in [0.15, 0.2) is 23.2 Å². The highest BCUT2D eigenvalue weighted by Gasteiger charge is 2.13. The Balaban J connectivity index is 2.28. The molecule has 1 atom stereocenters. The molecule has 3 heteroatoms. The molecule has 1 aromatic carbocycles. The summed E-state index contributed by atoms with van der Waals surface area (Å²) in [6.45, 7) is 3.15. The van der Waals surface area contributed by atoms with Crippen LogP contribution in [0.25, 0.3) is 0 Å². The van der Waals surface area contributed by atoms with Crippen molar-refractivity contribution in [2.45, 2.75) is 19.8 Å². The molecule has 0 saturated heterocycles. The third kappa shape index (κ3) is 2.13. The third-order valence-electron chi connectivity index (χ3n) is 3.04. The van der Waals surface area contributed by atoms with Crippen LogP contribution in [-0.4, -0.2) is 18.5 Å². The second-order valence-corrected chi connectivity index (χ2v) is 4.42. The molecule has 0 radical (unpaired) electrons. The molecule has 84 valence electrons. The minimum absolute atomic E-state index is 0.661. The SMILES string of the molecule is CC1CCC(c2ccc(C=N)c(N)c2)=NC1. The average Bonchev–Trinajstić information content (AvgIpc) is 2.30. The molecule has 0 fully saturated rings. The fourth-order valence-corrected chi connectivity index (χ4v) is 1.94. The molecule has 1 heterocycles. The maximum Gasteiger partial charge on any atom is 0.0421 e. The molecule has 1 aliphatic heterocycles. The van der Waals surface area contributed by atoms with Crippen molar-refractivity contribution >= 4 is 17.6 Å². The lowest BCUT2D eigenvalue weighted by Gasteiger charge is -2.18. The van der Waals surface area contributed by atoms with E-state index in [2.05, 4.69) is 11.9 Å². The van der Waals surface area contributed by atoms with Gasteiger partial charge in [0, 0.05) is 29.7 Å². The standard InChI is InChI=1S/C13H17N3/c1-9-2-5-13(16-8-9)10-3-4-11(7-14)12(15)6-10/h3-4,6-7,9,14H,2,5,8,15H2,1H3. The van der Waals surface area contributed by atoms with Gasteiger partial charge in [0.2, 0.25) is 0 Å². The Bertz CT molecular complexity index is 435. The van der Waals surface area contributed by atoms with Crippen LogP contribution in [-0.2, 0) is 0 Å². The number of rotatable bonds is 2. The molecule has 0 saturated carbocycles. The van der Waals surface area contributed by atoms with E-state index >= 15 is 0 Å². The molecule has 0 spiro atoms. The van der Waals surface area contributed by atoms with Gasteiger partial charge in [-0.05, 0) is 30.4 Å². The van der Waals surface area contributed by atoms with Gasteiger partial charge in [-0.2, -0.15) is 0 Å². The van der Waals surface area contributed by atoms with Gasteiger partial charge in [-0.3, -0.25) is 4.99 Å². The molecule has 2 rings (SSSR count). The fourth-order valence-electron chi connectivity index (χ4n) is 1.94. The highest BCUT2D eigenvalue weighted by Crippen LogP contribution is 2.20. The van der Waals surface area contributed by atoms with Crippen LogP contribution in [0.4, 0.5) is 5.69 Å². The first-order valence-corrected chi connectivity index (χ1v) is 5.64. The van der Waals surface area contributed by atoms with Crippen LogP contribution in [0.3, 0.4) is 0 Å². The lowest BCUT2D eigenvalue weighted by Crippen LogP contribution is -2.14. The monoisotopic (exact) mass is 215 g/mol. The Morgan fingerprint density at radius 3 is 2.88 bits per heavy atom. The topological polar surface area (TPSA) is 62.2 Å². The van der Waals surface area contributed by atoms with E-state index in [0.29, 0.717) is 11.6 Å². The first kappa shape index (κ1) is 10.9. The summed E-state index contributed by atoms with van der Waals surface area (Å²) in [5.41, 5.74) is 9.55. The predicted molar refractivity (Wildman–Crippen MR) is 68.5 cm³/mol. The zero-order valence-electron chi connectivity index (χ0n) is 9.53. The zero-order chi connectivity index (χ0) is 11.5. The maximum absolute atomic E-state index is 7.19. The Hall–Kier alpha value is -1.64. The summed E-state index contributed by atoms with van der Waals surface area (Å²) in [6, 6.07) is 5.82. The summed E-state index contributed by atoms with van der Waals surface area (Å²) in [7, 11) is 0. The second kappa shape index (κ2) is 4.47. The van der Waals surface area contributed by atoms with Crippen LogP contribution in [0.2, 0.25) is 0 Å². The highest BCUT2D eigenvalue weighted by molar-refractivity contribution is 6.02. The quantitative estimate of drug-likeness (QED) is 0.577.